The third-order valence-corrected chi connectivity index (χ3v) is 7.69. The number of aromatic nitrogens is 1. The highest BCUT2D eigenvalue weighted by molar-refractivity contribution is 7.89. The fraction of sp³-hybridized carbons (Fsp3) is 0.333. The lowest BCUT2D eigenvalue weighted by Crippen LogP contribution is -2.47. The largest absolute Gasteiger partial charge is 0.314 e. The molecule has 1 aliphatic heterocycles. The van der Waals surface area contributed by atoms with Gasteiger partial charge in [-0.1, -0.05) is 32.0 Å². The number of Topliss-reactive ketones (excluding diaryl/α,β-unsaturated/α-hetero) is 1. The first-order valence-electron chi connectivity index (χ1n) is 11.7. The molecule has 1 unspecified atom stereocenters. The Bertz CT molecular complexity index is 1360. The second kappa shape index (κ2) is 9.43. The van der Waals surface area contributed by atoms with Crippen molar-refractivity contribution in [2.45, 2.75) is 62.8 Å². The lowest BCUT2D eigenvalue weighted by atomic mass is 9.73. The van der Waals surface area contributed by atoms with E-state index in [9.17, 15) is 18.0 Å². The average Bonchev–Trinajstić information content (AvgIpc) is 3.28. The van der Waals surface area contributed by atoms with Crippen LogP contribution in [0.15, 0.2) is 71.8 Å². The van der Waals surface area contributed by atoms with Crippen molar-refractivity contribution in [2.75, 3.05) is 4.90 Å². The highest BCUT2D eigenvalue weighted by Crippen LogP contribution is 2.43. The number of anilines is 1. The predicted octanol–water partition coefficient (Wildman–Crippen LogP) is 4.58. The van der Waals surface area contributed by atoms with E-state index in [0.29, 0.717) is 24.2 Å². The highest BCUT2D eigenvalue weighted by Gasteiger charge is 2.38. The van der Waals surface area contributed by atoms with Gasteiger partial charge in [0, 0.05) is 37.0 Å². The van der Waals surface area contributed by atoms with Gasteiger partial charge in [-0.2, -0.15) is 0 Å². The predicted molar refractivity (Wildman–Crippen MR) is 136 cm³/mol. The molecule has 3 aromatic rings. The van der Waals surface area contributed by atoms with E-state index in [0.717, 1.165) is 18.5 Å². The summed E-state index contributed by atoms with van der Waals surface area (Å²) < 4.78 is 24.8. The Kier molecular flexibility index (Phi) is 6.71. The number of sulfonamides is 1. The van der Waals surface area contributed by atoms with Gasteiger partial charge in [-0.3, -0.25) is 9.59 Å². The zero-order valence-electron chi connectivity index (χ0n) is 20.3. The Labute approximate surface area is 206 Å². The van der Waals surface area contributed by atoms with Gasteiger partial charge in [-0.25, -0.2) is 13.6 Å². The summed E-state index contributed by atoms with van der Waals surface area (Å²) in [5.74, 6) is 0.0106. The van der Waals surface area contributed by atoms with Crippen LogP contribution in [0, 0.1) is 0 Å². The van der Waals surface area contributed by atoms with Gasteiger partial charge >= 0.3 is 0 Å². The lowest BCUT2D eigenvalue weighted by Gasteiger charge is -2.44. The number of hydrogen-bond acceptors (Lipinski definition) is 4. The van der Waals surface area contributed by atoms with Gasteiger partial charge in [-0.15, -0.1) is 0 Å². The van der Waals surface area contributed by atoms with Gasteiger partial charge in [0.15, 0.2) is 5.78 Å². The third-order valence-electron chi connectivity index (χ3n) is 6.76. The number of rotatable bonds is 7. The van der Waals surface area contributed by atoms with Crippen molar-refractivity contribution in [3.05, 3.63) is 78.1 Å². The molecular weight excluding hydrogens is 462 g/mol. The molecule has 184 valence electrons. The average molecular weight is 494 g/mol. The first-order valence-corrected chi connectivity index (χ1v) is 13.3. The molecule has 0 saturated heterocycles. The first kappa shape index (κ1) is 24.9. The molecule has 2 heterocycles. The van der Waals surface area contributed by atoms with E-state index in [1.165, 1.54) is 17.7 Å². The van der Waals surface area contributed by atoms with E-state index >= 15 is 0 Å². The Morgan fingerprint density at radius 3 is 2.37 bits per heavy atom. The third kappa shape index (κ3) is 5.09. The number of hydrogen-bond donors (Lipinski definition) is 1. The Balaban J connectivity index is 1.47. The molecule has 1 aromatic heterocycles. The summed E-state index contributed by atoms with van der Waals surface area (Å²) in [7, 11) is -3.78. The molecule has 1 aliphatic rings. The molecule has 0 spiro atoms. The zero-order chi connectivity index (χ0) is 25.4. The SMILES string of the molecule is CC(=O)N1c2ccccc2C(C)(C)CC1CCCC(=O)c1cccn1-c1ccc(S(N)(=O)=O)cc1. The van der Waals surface area contributed by atoms with Crippen LogP contribution in [-0.2, 0) is 20.2 Å². The molecule has 2 N–H and O–H groups in total. The van der Waals surface area contributed by atoms with Gasteiger partial charge in [0.2, 0.25) is 15.9 Å². The Morgan fingerprint density at radius 1 is 1.03 bits per heavy atom. The van der Waals surface area contributed by atoms with E-state index in [4.69, 9.17) is 5.14 Å². The van der Waals surface area contributed by atoms with E-state index in [1.54, 1.807) is 42.0 Å². The minimum absolute atomic E-state index is 0.00429. The summed E-state index contributed by atoms with van der Waals surface area (Å²) in [5, 5.41) is 5.18. The minimum atomic E-state index is -3.78. The molecule has 7 nitrogen and oxygen atoms in total. The van der Waals surface area contributed by atoms with Crippen LogP contribution < -0.4 is 10.0 Å². The minimum Gasteiger partial charge on any atom is -0.314 e. The molecule has 1 amide bonds. The summed E-state index contributed by atoms with van der Waals surface area (Å²) in [4.78, 5) is 27.6. The first-order chi connectivity index (χ1) is 16.5. The van der Waals surface area contributed by atoms with Crippen LogP contribution in [0.1, 0.15) is 62.5 Å². The Morgan fingerprint density at radius 2 is 1.71 bits per heavy atom. The van der Waals surface area contributed by atoms with Crippen molar-refractivity contribution in [1.82, 2.24) is 4.57 Å². The van der Waals surface area contributed by atoms with E-state index < -0.39 is 10.0 Å². The summed E-state index contributed by atoms with van der Waals surface area (Å²) in [6, 6.07) is 17.8. The number of ketones is 1. The van der Waals surface area contributed by atoms with Crippen LogP contribution in [-0.4, -0.2) is 30.7 Å². The number of nitrogens with zero attached hydrogens (tertiary/aromatic N) is 2. The molecule has 8 heteroatoms. The number of carbonyl (C=O) groups is 2. The van der Waals surface area contributed by atoms with Gasteiger partial charge in [0.25, 0.3) is 0 Å². The molecule has 0 saturated carbocycles. The molecule has 0 radical (unpaired) electrons. The molecule has 0 aliphatic carbocycles. The second-order valence-corrected chi connectivity index (χ2v) is 11.3. The molecule has 0 bridgehead atoms. The number of benzene rings is 2. The summed E-state index contributed by atoms with van der Waals surface area (Å²) in [6.07, 6.45) is 4.35. The van der Waals surface area contributed by atoms with Crippen LogP contribution in [0.5, 0.6) is 0 Å². The van der Waals surface area contributed by atoms with Crippen LogP contribution in [0.25, 0.3) is 5.69 Å². The number of nitrogens with two attached hydrogens (primary N) is 1. The maximum atomic E-state index is 13.1. The highest BCUT2D eigenvalue weighted by atomic mass is 32.2. The van der Waals surface area contributed by atoms with Crippen molar-refractivity contribution in [3.63, 3.8) is 0 Å². The van der Waals surface area contributed by atoms with E-state index in [2.05, 4.69) is 19.9 Å². The zero-order valence-corrected chi connectivity index (χ0v) is 21.1. The van der Waals surface area contributed by atoms with Gasteiger partial charge < -0.3 is 9.47 Å². The molecule has 4 rings (SSSR count). The van der Waals surface area contributed by atoms with Gasteiger partial charge in [0.05, 0.1) is 10.6 Å². The standard InChI is InChI=1S/C27H31N3O4S/c1-19(31)30-21(18-27(2,3)23-9-4-5-10-24(23)30)8-6-12-26(32)25-11-7-17-29(25)20-13-15-22(16-14-20)35(28,33)34/h4-5,7,9-11,13-17,21H,6,8,12,18H2,1-3H3,(H2,28,33,34). The molecular formula is C27H31N3O4S. The summed E-state index contributed by atoms with van der Waals surface area (Å²) in [5.41, 5.74) is 3.29. The normalized spacial score (nSPS) is 17.1. The van der Waals surface area contributed by atoms with Crippen LogP contribution in [0.2, 0.25) is 0 Å². The van der Waals surface area contributed by atoms with Gasteiger partial charge in [-0.05, 0) is 72.7 Å². The number of fused-ring (bicyclic) bond motifs is 1. The Hall–Kier alpha value is -3.23. The van der Waals surface area contributed by atoms with Crippen molar-refractivity contribution in [1.29, 1.82) is 0 Å². The maximum absolute atomic E-state index is 13.1. The van der Waals surface area contributed by atoms with Crippen LogP contribution >= 0.6 is 0 Å². The van der Waals surface area contributed by atoms with Crippen molar-refractivity contribution >= 4 is 27.4 Å². The van der Waals surface area contributed by atoms with E-state index in [1.807, 2.05) is 23.1 Å². The fourth-order valence-corrected chi connectivity index (χ4v) is 5.67. The molecule has 2 aromatic carbocycles. The van der Waals surface area contributed by atoms with Crippen molar-refractivity contribution < 1.29 is 18.0 Å². The molecule has 35 heavy (non-hydrogen) atoms. The quantitative estimate of drug-likeness (QED) is 0.487. The number of para-hydroxylation sites is 1. The van der Waals surface area contributed by atoms with Crippen LogP contribution in [0.4, 0.5) is 5.69 Å². The number of primary sulfonamides is 1. The second-order valence-electron chi connectivity index (χ2n) is 9.77. The smallest absolute Gasteiger partial charge is 0.238 e. The van der Waals surface area contributed by atoms with Crippen LogP contribution in [0.3, 0.4) is 0 Å². The summed E-state index contributed by atoms with van der Waals surface area (Å²) >= 11 is 0. The number of carbonyl (C=O) groups excluding carboxylic acids is 2. The summed E-state index contributed by atoms with van der Waals surface area (Å²) in [6.45, 7) is 6.01. The number of amides is 1. The van der Waals surface area contributed by atoms with Crippen molar-refractivity contribution in [3.8, 4) is 5.69 Å². The lowest BCUT2D eigenvalue weighted by molar-refractivity contribution is -0.117. The van der Waals surface area contributed by atoms with Gasteiger partial charge in [0.1, 0.15) is 0 Å². The monoisotopic (exact) mass is 493 g/mol. The van der Waals surface area contributed by atoms with Crippen molar-refractivity contribution in [2.24, 2.45) is 5.14 Å². The molecule has 0 fully saturated rings. The topological polar surface area (TPSA) is 102 Å². The molecule has 1 atom stereocenters. The maximum Gasteiger partial charge on any atom is 0.238 e. The van der Waals surface area contributed by atoms with E-state index in [-0.39, 0.29) is 28.0 Å². The fourth-order valence-electron chi connectivity index (χ4n) is 5.16.